The van der Waals surface area contributed by atoms with Crippen LogP contribution >= 0.6 is 0 Å². The molecule has 5 nitrogen and oxygen atoms in total. The van der Waals surface area contributed by atoms with E-state index in [1.807, 2.05) is 0 Å². The highest BCUT2D eigenvalue weighted by Gasteiger charge is 2.16. The molecule has 0 radical (unpaired) electrons. The van der Waals surface area contributed by atoms with E-state index in [1.54, 1.807) is 6.07 Å². The molecule has 2 N–H and O–H groups in total. The Hall–Kier alpha value is -1.63. The minimum atomic E-state index is -3.52. The maximum atomic E-state index is 11.6. The van der Waals surface area contributed by atoms with E-state index in [1.165, 1.54) is 24.2 Å². The molecular formula is C15H20N2O3S. The van der Waals surface area contributed by atoms with Gasteiger partial charge >= 0.3 is 0 Å². The van der Waals surface area contributed by atoms with Gasteiger partial charge in [-0.2, -0.15) is 0 Å². The summed E-state index contributed by atoms with van der Waals surface area (Å²) >= 11 is 0. The van der Waals surface area contributed by atoms with Crippen LogP contribution in [0.2, 0.25) is 0 Å². The van der Waals surface area contributed by atoms with Crippen molar-refractivity contribution in [1.82, 2.24) is 10.0 Å². The molecule has 0 bridgehead atoms. The Morgan fingerprint density at radius 1 is 1.14 bits per heavy atom. The van der Waals surface area contributed by atoms with E-state index in [2.05, 4.69) is 48.2 Å². The van der Waals surface area contributed by atoms with Crippen molar-refractivity contribution in [3.63, 3.8) is 0 Å². The highest BCUT2D eigenvalue weighted by molar-refractivity contribution is 7.89. The minimum absolute atomic E-state index is 0.0650. The molecule has 1 unspecified atom stereocenters. The Kier molecular flexibility index (Phi) is 4.82. The van der Waals surface area contributed by atoms with Crippen LogP contribution in [0.5, 0.6) is 0 Å². The first-order chi connectivity index (χ1) is 9.92. The smallest absolute Gasteiger partial charge is 0.273 e. The molecule has 2 rings (SSSR count). The van der Waals surface area contributed by atoms with Crippen LogP contribution in [0.25, 0.3) is 0 Å². The third-order valence-electron chi connectivity index (χ3n) is 3.33. The van der Waals surface area contributed by atoms with Crippen LogP contribution < -0.4 is 10.0 Å². The maximum Gasteiger partial charge on any atom is 0.273 e. The zero-order valence-corrected chi connectivity index (χ0v) is 13.2. The van der Waals surface area contributed by atoms with Crippen LogP contribution in [0.15, 0.2) is 45.9 Å². The summed E-state index contributed by atoms with van der Waals surface area (Å²) < 4.78 is 30.7. The summed E-state index contributed by atoms with van der Waals surface area (Å²) in [5.74, 6) is 0.586. The molecule has 1 heterocycles. The van der Waals surface area contributed by atoms with E-state index in [4.69, 9.17) is 4.42 Å². The van der Waals surface area contributed by atoms with Crippen LogP contribution in [-0.4, -0.2) is 15.5 Å². The van der Waals surface area contributed by atoms with Gasteiger partial charge in [-0.15, -0.1) is 0 Å². The molecule has 0 aliphatic rings. The quantitative estimate of drug-likeness (QED) is 0.859. The molecule has 21 heavy (non-hydrogen) atoms. The summed E-state index contributed by atoms with van der Waals surface area (Å²) in [4.78, 5) is 0. The topological polar surface area (TPSA) is 71.3 Å². The van der Waals surface area contributed by atoms with Gasteiger partial charge in [-0.1, -0.05) is 29.8 Å². The van der Waals surface area contributed by atoms with E-state index in [0.717, 1.165) is 0 Å². The first kappa shape index (κ1) is 15.8. The van der Waals surface area contributed by atoms with Gasteiger partial charge in [0.25, 0.3) is 10.0 Å². The fraction of sp³-hybridized carbons (Fsp3) is 0.333. The van der Waals surface area contributed by atoms with Gasteiger partial charge in [-0.25, -0.2) is 13.1 Å². The number of hydrogen-bond donors (Lipinski definition) is 2. The first-order valence-electron chi connectivity index (χ1n) is 6.74. The molecule has 114 valence electrons. The largest absolute Gasteiger partial charge is 0.447 e. The van der Waals surface area contributed by atoms with Crippen molar-refractivity contribution in [2.75, 3.05) is 7.05 Å². The van der Waals surface area contributed by atoms with Gasteiger partial charge in [0.15, 0.2) is 0 Å². The SMILES string of the molecule is CNS(=O)(=O)c1ccc(CNC(C)c2ccc(C)cc2)o1. The van der Waals surface area contributed by atoms with E-state index < -0.39 is 10.0 Å². The van der Waals surface area contributed by atoms with Crippen molar-refractivity contribution in [3.8, 4) is 0 Å². The van der Waals surface area contributed by atoms with Crippen molar-refractivity contribution in [3.05, 3.63) is 53.3 Å². The fourth-order valence-electron chi connectivity index (χ4n) is 1.92. The number of nitrogens with one attached hydrogen (secondary N) is 2. The molecule has 2 aromatic rings. The lowest BCUT2D eigenvalue weighted by atomic mass is 10.1. The lowest BCUT2D eigenvalue weighted by Gasteiger charge is -2.13. The van der Waals surface area contributed by atoms with E-state index in [0.29, 0.717) is 12.3 Å². The van der Waals surface area contributed by atoms with Gasteiger partial charge in [0.2, 0.25) is 5.09 Å². The monoisotopic (exact) mass is 308 g/mol. The zero-order chi connectivity index (χ0) is 15.5. The summed E-state index contributed by atoms with van der Waals surface area (Å²) in [5, 5.41) is 3.24. The van der Waals surface area contributed by atoms with Crippen molar-refractivity contribution in [2.45, 2.75) is 31.5 Å². The average Bonchev–Trinajstić information content (AvgIpc) is 2.95. The first-order valence-corrected chi connectivity index (χ1v) is 8.23. The molecule has 6 heteroatoms. The van der Waals surface area contributed by atoms with Crippen LogP contribution in [0.1, 0.15) is 29.9 Å². The standard InChI is InChI=1S/C15H20N2O3S/c1-11-4-6-13(7-5-11)12(2)17-10-14-8-9-15(20-14)21(18,19)16-3/h4-9,12,16-17H,10H2,1-3H3. The van der Waals surface area contributed by atoms with Crippen LogP contribution in [0.3, 0.4) is 0 Å². The zero-order valence-electron chi connectivity index (χ0n) is 12.4. The highest BCUT2D eigenvalue weighted by atomic mass is 32.2. The van der Waals surface area contributed by atoms with Crippen molar-refractivity contribution in [1.29, 1.82) is 0 Å². The lowest BCUT2D eigenvalue weighted by molar-refractivity contribution is 0.392. The number of furan rings is 1. The average molecular weight is 308 g/mol. The van der Waals surface area contributed by atoms with Gasteiger partial charge < -0.3 is 9.73 Å². The van der Waals surface area contributed by atoms with Crippen LogP contribution in [-0.2, 0) is 16.6 Å². The van der Waals surface area contributed by atoms with E-state index in [9.17, 15) is 8.42 Å². The molecule has 0 aliphatic carbocycles. The van der Waals surface area contributed by atoms with Crippen LogP contribution in [0.4, 0.5) is 0 Å². The van der Waals surface area contributed by atoms with E-state index in [-0.39, 0.29) is 11.1 Å². The molecule has 0 spiro atoms. The minimum Gasteiger partial charge on any atom is -0.447 e. The summed E-state index contributed by atoms with van der Waals surface area (Å²) in [5.41, 5.74) is 2.40. The van der Waals surface area contributed by atoms with E-state index >= 15 is 0 Å². The highest BCUT2D eigenvalue weighted by Crippen LogP contribution is 2.16. The summed E-state index contributed by atoms with van der Waals surface area (Å²) in [6.45, 7) is 4.57. The summed E-state index contributed by atoms with van der Waals surface area (Å²) in [6, 6.07) is 11.6. The Bertz CT molecular complexity index is 690. The van der Waals surface area contributed by atoms with Gasteiger partial charge in [0.05, 0.1) is 6.54 Å². The molecule has 0 aliphatic heterocycles. The van der Waals surface area contributed by atoms with Gasteiger partial charge in [-0.05, 0) is 38.6 Å². The number of hydrogen-bond acceptors (Lipinski definition) is 4. The molecule has 0 saturated carbocycles. The number of rotatable bonds is 6. The van der Waals surface area contributed by atoms with Crippen LogP contribution in [0, 0.1) is 6.92 Å². The predicted octanol–water partition coefficient (Wildman–Crippen LogP) is 2.35. The van der Waals surface area contributed by atoms with Crippen molar-refractivity contribution < 1.29 is 12.8 Å². The Balaban J connectivity index is 1.99. The second kappa shape index (κ2) is 6.43. The Morgan fingerprint density at radius 3 is 2.43 bits per heavy atom. The third-order valence-corrected chi connectivity index (χ3v) is 4.62. The predicted molar refractivity (Wildman–Crippen MR) is 81.4 cm³/mol. The Labute approximate surface area is 125 Å². The summed E-state index contributed by atoms with van der Waals surface area (Å²) in [6.07, 6.45) is 0. The molecular weight excluding hydrogens is 288 g/mol. The summed E-state index contributed by atoms with van der Waals surface area (Å²) in [7, 11) is -2.16. The van der Waals surface area contributed by atoms with Crippen molar-refractivity contribution >= 4 is 10.0 Å². The molecule has 0 fully saturated rings. The lowest BCUT2D eigenvalue weighted by Crippen LogP contribution is -2.18. The second-order valence-electron chi connectivity index (χ2n) is 4.94. The number of sulfonamides is 1. The molecule has 1 aromatic heterocycles. The normalized spacial score (nSPS) is 13.3. The van der Waals surface area contributed by atoms with Gasteiger partial charge in [-0.3, -0.25) is 0 Å². The Morgan fingerprint density at radius 2 is 1.81 bits per heavy atom. The third kappa shape index (κ3) is 3.93. The molecule has 1 aromatic carbocycles. The van der Waals surface area contributed by atoms with Gasteiger partial charge in [0, 0.05) is 6.04 Å². The van der Waals surface area contributed by atoms with Gasteiger partial charge in [0.1, 0.15) is 5.76 Å². The fourth-order valence-corrected chi connectivity index (χ4v) is 2.59. The molecule has 1 atom stereocenters. The van der Waals surface area contributed by atoms with Crippen molar-refractivity contribution in [2.24, 2.45) is 0 Å². The molecule has 0 amide bonds. The maximum absolute atomic E-state index is 11.6. The molecule has 0 saturated heterocycles. The number of aryl methyl sites for hydroxylation is 1. The number of benzene rings is 1. The second-order valence-corrected chi connectivity index (χ2v) is 6.76.